The quantitative estimate of drug-likeness (QED) is 0.825. The van der Waals surface area contributed by atoms with Gasteiger partial charge in [0.2, 0.25) is 0 Å². The van der Waals surface area contributed by atoms with Crippen LogP contribution in [-0.4, -0.2) is 31.8 Å². The number of carboxylic acids is 1. The molecule has 3 rings (SSSR count). The summed E-state index contributed by atoms with van der Waals surface area (Å²) in [6.07, 6.45) is 6.44. The third-order valence-electron chi connectivity index (χ3n) is 4.12. The second kappa shape index (κ2) is 5.25. The molecule has 0 aliphatic heterocycles. The number of aromatic nitrogens is 2. The van der Waals surface area contributed by atoms with Gasteiger partial charge in [0.05, 0.1) is 35.1 Å². The molecule has 0 amide bonds. The molecule has 1 heterocycles. The van der Waals surface area contributed by atoms with E-state index in [-0.39, 0.29) is 17.7 Å². The number of rotatable bonds is 2. The number of benzene rings is 1. The largest absolute Gasteiger partial charge is 0.478 e. The van der Waals surface area contributed by atoms with Crippen molar-refractivity contribution in [1.29, 1.82) is 0 Å². The highest BCUT2D eigenvalue weighted by Crippen LogP contribution is 2.30. The Balaban J connectivity index is 2.01. The minimum atomic E-state index is -0.948. The van der Waals surface area contributed by atoms with E-state index in [9.17, 15) is 9.90 Å². The fourth-order valence-electron chi connectivity index (χ4n) is 3.02. The van der Waals surface area contributed by atoms with Crippen LogP contribution in [0.2, 0.25) is 0 Å². The number of fused-ring (bicyclic) bond motifs is 1. The number of aliphatic hydroxyl groups excluding tert-OH is 1. The highest BCUT2D eigenvalue weighted by Gasteiger charge is 2.24. The van der Waals surface area contributed by atoms with Crippen LogP contribution in [0.4, 0.5) is 0 Å². The molecule has 20 heavy (non-hydrogen) atoms. The summed E-state index contributed by atoms with van der Waals surface area (Å²) in [7, 11) is 0. The number of aliphatic hydroxyl groups is 1. The van der Waals surface area contributed by atoms with Gasteiger partial charge in [-0.1, -0.05) is 19.3 Å². The molecule has 2 atom stereocenters. The van der Waals surface area contributed by atoms with Crippen LogP contribution < -0.4 is 0 Å². The number of hydrogen-bond donors (Lipinski definition) is 2. The zero-order valence-electron chi connectivity index (χ0n) is 11.2. The lowest BCUT2D eigenvalue weighted by molar-refractivity contribution is 0.0697. The van der Waals surface area contributed by atoms with E-state index in [1.165, 1.54) is 0 Å². The second-order valence-electron chi connectivity index (χ2n) is 5.43. The lowest BCUT2D eigenvalue weighted by atomic mass is 10.1. The molecule has 106 valence electrons. The van der Waals surface area contributed by atoms with Crippen molar-refractivity contribution in [3.8, 4) is 0 Å². The second-order valence-corrected chi connectivity index (χ2v) is 5.43. The molecule has 1 aliphatic rings. The molecule has 0 radical (unpaired) electrons. The Labute approximate surface area is 116 Å². The third-order valence-corrected chi connectivity index (χ3v) is 4.12. The van der Waals surface area contributed by atoms with E-state index in [1.54, 1.807) is 24.5 Å². The molecule has 0 spiro atoms. The summed E-state index contributed by atoms with van der Waals surface area (Å²) in [6.45, 7) is 0. The maximum atomic E-state index is 11.0. The average molecular weight is 274 g/mol. The highest BCUT2D eigenvalue weighted by molar-refractivity contribution is 5.92. The minimum Gasteiger partial charge on any atom is -0.478 e. The Morgan fingerprint density at radius 3 is 2.85 bits per heavy atom. The van der Waals surface area contributed by atoms with Crippen molar-refractivity contribution in [2.24, 2.45) is 0 Å². The van der Waals surface area contributed by atoms with Gasteiger partial charge in [-0.25, -0.2) is 9.78 Å². The molecule has 1 aromatic carbocycles. The van der Waals surface area contributed by atoms with Gasteiger partial charge in [-0.2, -0.15) is 0 Å². The van der Waals surface area contributed by atoms with Crippen molar-refractivity contribution >= 4 is 17.0 Å². The summed E-state index contributed by atoms with van der Waals surface area (Å²) < 4.78 is 2.00. The zero-order valence-corrected chi connectivity index (χ0v) is 11.2. The van der Waals surface area contributed by atoms with Crippen LogP contribution in [0.3, 0.4) is 0 Å². The number of carboxylic acid groups (broad SMARTS) is 1. The van der Waals surface area contributed by atoms with Gasteiger partial charge >= 0.3 is 5.97 Å². The maximum Gasteiger partial charge on any atom is 0.335 e. The number of hydrogen-bond acceptors (Lipinski definition) is 3. The Morgan fingerprint density at radius 1 is 1.25 bits per heavy atom. The predicted molar refractivity (Wildman–Crippen MR) is 74.8 cm³/mol. The van der Waals surface area contributed by atoms with E-state index in [0.29, 0.717) is 5.52 Å². The molecule has 5 nitrogen and oxygen atoms in total. The Bertz CT molecular complexity index is 635. The van der Waals surface area contributed by atoms with E-state index >= 15 is 0 Å². The van der Waals surface area contributed by atoms with Crippen LogP contribution in [0.25, 0.3) is 11.0 Å². The van der Waals surface area contributed by atoms with Crippen LogP contribution in [0.5, 0.6) is 0 Å². The first-order chi connectivity index (χ1) is 9.66. The standard InChI is InChI=1S/C15H18N2O3/c18-14-5-3-1-2-4-13(14)17-9-16-11-8-10(15(19)20)6-7-12(11)17/h6-9,13-14,18H,1-5H2,(H,19,20). The normalized spacial score (nSPS) is 23.6. The molecule has 1 aromatic heterocycles. The summed E-state index contributed by atoms with van der Waals surface area (Å²) in [4.78, 5) is 15.3. The van der Waals surface area contributed by atoms with Crippen molar-refractivity contribution in [3.05, 3.63) is 30.1 Å². The molecule has 5 heteroatoms. The van der Waals surface area contributed by atoms with Gasteiger partial charge in [-0.05, 0) is 31.0 Å². The number of aromatic carboxylic acids is 1. The summed E-state index contributed by atoms with van der Waals surface area (Å²) in [5.41, 5.74) is 1.80. The van der Waals surface area contributed by atoms with Crippen LogP contribution in [0.15, 0.2) is 24.5 Å². The smallest absolute Gasteiger partial charge is 0.335 e. The van der Waals surface area contributed by atoms with E-state index in [2.05, 4.69) is 4.98 Å². The molecule has 0 bridgehead atoms. The van der Waals surface area contributed by atoms with Crippen molar-refractivity contribution in [1.82, 2.24) is 9.55 Å². The van der Waals surface area contributed by atoms with Crippen molar-refractivity contribution in [3.63, 3.8) is 0 Å². The zero-order chi connectivity index (χ0) is 14.1. The van der Waals surface area contributed by atoms with Crippen molar-refractivity contribution in [2.45, 2.75) is 44.2 Å². The highest BCUT2D eigenvalue weighted by atomic mass is 16.4. The van der Waals surface area contributed by atoms with E-state index in [0.717, 1.165) is 37.6 Å². The van der Waals surface area contributed by atoms with Gasteiger partial charge in [-0.15, -0.1) is 0 Å². The van der Waals surface area contributed by atoms with Gasteiger partial charge in [0.25, 0.3) is 0 Å². The minimum absolute atomic E-state index is 0.0400. The summed E-state index contributed by atoms with van der Waals surface area (Å²) in [6, 6.07) is 4.99. The van der Waals surface area contributed by atoms with Crippen LogP contribution in [0.1, 0.15) is 48.5 Å². The molecule has 2 aromatic rings. The van der Waals surface area contributed by atoms with Gasteiger partial charge in [0, 0.05) is 0 Å². The first kappa shape index (κ1) is 13.1. The molecule has 1 saturated carbocycles. The summed E-state index contributed by atoms with van der Waals surface area (Å²) in [5.74, 6) is -0.948. The molecule has 1 fully saturated rings. The van der Waals surface area contributed by atoms with E-state index < -0.39 is 5.97 Å². The Kier molecular flexibility index (Phi) is 3.44. The first-order valence-corrected chi connectivity index (χ1v) is 7.05. The van der Waals surface area contributed by atoms with Gasteiger partial charge in [0.1, 0.15) is 0 Å². The number of imidazole rings is 1. The lowest BCUT2D eigenvalue weighted by Crippen LogP contribution is -2.22. The van der Waals surface area contributed by atoms with Crippen molar-refractivity contribution < 1.29 is 15.0 Å². The topological polar surface area (TPSA) is 75.3 Å². The number of nitrogens with zero attached hydrogens (tertiary/aromatic N) is 2. The molecule has 2 N–H and O–H groups in total. The third kappa shape index (κ3) is 2.29. The maximum absolute atomic E-state index is 11.0. The van der Waals surface area contributed by atoms with Crippen molar-refractivity contribution in [2.75, 3.05) is 0 Å². The molecule has 1 aliphatic carbocycles. The van der Waals surface area contributed by atoms with Crippen LogP contribution in [0, 0.1) is 0 Å². The van der Waals surface area contributed by atoms with Gasteiger partial charge in [0.15, 0.2) is 0 Å². The fraction of sp³-hybridized carbons (Fsp3) is 0.467. The Hall–Kier alpha value is -1.88. The molecule has 0 saturated heterocycles. The molecular weight excluding hydrogens is 256 g/mol. The van der Waals surface area contributed by atoms with Gasteiger partial charge in [-0.3, -0.25) is 0 Å². The molecule has 2 unspecified atom stereocenters. The monoisotopic (exact) mass is 274 g/mol. The lowest BCUT2D eigenvalue weighted by Gasteiger charge is -2.22. The first-order valence-electron chi connectivity index (χ1n) is 7.05. The summed E-state index contributed by atoms with van der Waals surface area (Å²) >= 11 is 0. The van der Waals surface area contributed by atoms with E-state index in [4.69, 9.17) is 5.11 Å². The fourth-order valence-corrected chi connectivity index (χ4v) is 3.02. The SMILES string of the molecule is O=C(O)c1ccc2c(c1)ncn2C1CCCCCC1O. The summed E-state index contributed by atoms with van der Waals surface area (Å²) in [5, 5.41) is 19.3. The van der Waals surface area contributed by atoms with Crippen LogP contribution >= 0.6 is 0 Å². The van der Waals surface area contributed by atoms with Crippen LogP contribution in [-0.2, 0) is 0 Å². The predicted octanol–water partition coefficient (Wildman–Crippen LogP) is 2.60. The Morgan fingerprint density at radius 2 is 2.05 bits per heavy atom. The average Bonchev–Trinajstić information content (AvgIpc) is 2.73. The van der Waals surface area contributed by atoms with E-state index in [1.807, 2.05) is 4.57 Å². The molecular formula is C15H18N2O3. The van der Waals surface area contributed by atoms with Gasteiger partial charge < -0.3 is 14.8 Å². The number of carbonyl (C=O) groups is 1.